The molecule has 0 saturated heterocycles. The van der Waals surface area contributed by atoms with Crippen LogP contribution in [0.5, 0.6) is 0 Å². The summed E-state index contributed by atoms with van der Waals surface area (Å²) in [5.41, 5.74) is 2.83. The summed E-state index contributed by atoms with van der Waals surface area (Å²) in [6, 6.07) is 3.57. The molecule has 0 amide bonds. The molecular weight excluding hydrogens is 200 g/mol. The van der Waals surface area contributed by atoms with Gasteiger partial charge in [0, 0.05) is 5.02 Å². The zero-order chi connectivity index (χ0) is 10.9. The zero-order valence-corrected chi connectivity index (χ0v) is 9.22. The predicted octanol–water partition coefficient (Wildman–Crippen LogP) is 3.14. The first-order chi connectivity index (χ1) is 6.43. The molecule has 3 heteroatoms. The van der Waals surface area contributed by atoms with E-state index in [2.05, 4.69) is 0 Å². The highest BCUT2D eigenvalue weighted by molar-refractivity contribution is 6.30. The van der Waals surface area contributed by atoms with Gasteiger partial charge in [0.1, 0.15) is 0 Å². The third-order valence-electron chi connectivity index (χ3n) is 2.51. The van der Waals surface area contributed by atoms with Gasteiger partial charge in [-0.2, -0.15) is 0 Å². The lowest BCUT2D eigenvalue weighted by Gasteiger charge is -2.13. The molecule has 14 heavy (non-hydrogen) atoms. The summed E-state index contributed by atoms with van der Waals surface area (Å²) in [6.07, 6.45) is 0. The van der Waals surface area contributed by atoms with Gasteiger partial charge in [-0.1, -0.05) is 11.6 Å². The van der Waals surface area contributed by atoms with Crippen molar-refractivity contribution in [2.75, 3.05) is 0 Å². The molecule has 0 aliphatic heterocycles. The van der Waals surface area contributed by atoms with Crippen molar-refractivity contribution in [1.82, 2.24) is 0 Å². The van der Waals surface area contributed by atoms with Crippen LogP contribution in [0.1, 0.15) is 29.5 Å². The number of aryl methyl sites for hydroxylation is 1. The minimum Gasteiger partial charge on any atom is -0.481 e. The van der Waals surface area contributed by atoms with Crippen LogP contribution in [0.4, 0.5) is 0 Å². The average Bonchev–Trinajstić information content (AvgIpc) is 2.09. The van der Waals surface area contributed by atoms with Crippen molar-refractivity contribution in [2.24, 2.45) is 0 Å². The van der Waals surface area contributed by atoms with Crippen molar-refractivity contribution in [1.29, 1.82) is 0 Å². The fourth-order valence-electron chi connectivity index (χ4n) is 1.42. The van der Waals surface area contributed by atoms with Gasteiger partial charge < -0.3 is 5.11 Å². The quantitative estimate of drug-likeness (QED) is 0.818. The number of carboxylic acids is 1. The van der Waals surface area contributed by atoms with E-state index >= 15 is 0 Å². The van der Waals surface area contributed by atoms with E-state index in [1.807, 2.05) is 19.9 Å². The maximum absolute atomic E-state index is 10.8. The molecule has 1 aromatic rings. The van der Waals surface area contributed by atoms with Crippen LogP contribution < -0.4 is 0 Å². The molecule has 0 bridgehead atoms. The SMILES string of the molecule is Cc1cc(Cl)cc(C(C)C(=O)O)c1C. The molecule has 1 N–H and O–H groups in total. The zero-order valence-electron chi connectivity index (χ0n) is 8.47. The van der Waals surface area contributed by atoms with Crippen LogP contribution in [0.2, 0.25) is 5.02 Å². The van der Waals surface area contributed by atoms with E-state index in [0.717, 1.165) is 16.7 Å². The summed E-state index contributed by atoms with van der Waals surface area (Å²) in [5.74, 6) is -1.33. The highest BCUT2D eigenvalue weighted by atomic mass is 35.5. The van der Waals surface area contributed by atoms with Gasteiger partial charge in [-0.15, -0.1) is 0 Å². The van der Waals surface area contributed by atoms with Crippen LogP contribution in [-0.2, 0) is 4.79 Å². The van der Waals surface area contributed by atoms with Crippen LogP contribution in [0.3, 0.4) is 0 Å². The Kier molecular flexibility index (Phi) is 3.17. The summed E-state index contributed by atoms with van der Waals surface area (Å²) in [4.78, 5) is 10.8. The Labute approximate surface area is 88.5 Å². The van der Waals surface area contributed by atoms with Crippen LogP contribution in [0, 0.1) is 13.8 Å². The van der Waals surface area contributed by atoms with E-state index in [1.54, 1.807) is 13.0 Å². The summed E-state index contributed by atoms with van der Waals surface area (Å²) in [6.45, 7) is 5.51. The van der Waals surface area contributed by atoms with E-state index in [-0.39, 0.29) is 0 Å². The Morgan fingerprint density at radius 3 is 2.50 bits per heavy atom. The van der Waals surface area contributed by atoms with Crippen molar-refractivity contribution in [3.8, 4) is 0 Å². The Bertz CT molecular complexity index is 372. The number of hydrogen-bond donors (Lipinski definition) is 1. The van der Waals surface area contributed by atoms with Crippen LogP contribution >= 0.6 is 11.6 Å². The number of halogens is 1. The van der Waals surface area contributed by atoms with Crippen molar-refractivity contribution >= 4 is 17.6 Å². The molecule has 1 atom stereocenters. The molecule has 0 aromatic heterocycles. The molecule has 0 aliphatic rings. The number of carboxylic acid groups (broad SMARTS) is 1. The first-order valence-corrected chi connectivity index (χ1v) is 4.80. The van der Waals surface area contributed by atoms with Crippen molar-refractivity contribution < 1.29 is 9.90 Å². The fourth-order valence-corrected chi connectivity index (χ4v) is 1.71. The minimum absolute atomic E-state index is 0.507. The number of rotatable bonds is 2. The molecule has 0 saturated carbocycles. The van der Waals surface area contributed by atoms with Crippen molar-refractivity contribution in [2.45, 2.75) is 26.7 Å². The van der Waals surface area contributed by atoms with E-state index in [9.17, 15) is 4.79 Å². The van der Waals surface area contributed by atoms with Crippen LogP contribution in [-0.4, -0.2) is 11.1 Å². The van der Waals surface area contributed by atoms with Gasteiger partial charge in [-0.25, -0.2) is 0 Å². The monoisotopic (exact) mass is 212 g/mol. The Balaban J connectivity index is 3.26. The van der Waals surface area contributed by atoms with E-state index in [4.69, 9.17) is 16.7 Å². The van der Waals surface area contributed by atoms with E-state index in [1.165, 1.54) is 0 Å². The molecule has 0 aliphatic carbocycles. The van der Waals surface area contributed by atoms with Gasteiger partial charge >= 0.3 is 5.97 Å². The Morgan fingerprint density at radius 1 is 1.43 bits per heavy atom. The van der Waals surface area contributed by atoms with Crippen LogP contribution in [0.25, 0.3) is 0 Å². The number of benzene rings is 1. The molecule has 1 unspecified atom stereocenters. The highest BCUT2D eigenvalue weighted by Gasteiger charge is 2.17. The number of hydrogen-bond acceptors (Lipinski definition) is 1. The Hall–Kier alpha value is -1.02. The second-order valence-corrected chi connectivity index (χ2v) is 3.93. The molecule has 0 heterocycles. The third-order valence-corrected chi connectivity index (χ3v) is 2.73. The smallest absolute Gasteiger partial charge is 0.310 e. The molecule has 0 radical (unpaired) electrons. The third kappa shape index (κ3) is 2.07. The lowest BCUT2D eigenvalue weighted by molar-refractivity contribution is -0.138. The Morgan fingerprint density at radius 2 is 2.00 bits per heavy atom. The summed E-state index contributed by atoms with van der Waals surface area (Å²) < 4.78 is 0. The maximum atomic E-state index is 10.8. The maximum Gasteiger partial charge on any atom is 0.310 e. The first-order valence-electron chi connectivity index (χ1n) is 4.43. The largest absolute Gasteiger partial charge is 0.481 e. The average molecular weight is 213 g/mol. The summed E-state index contributed by atoms with van der Waals surface area (Å²) >= 11 is 5.88. The van der Waals surface area contributed by atoms with Gasteiger partial charge in [0.25, 0.3) is 0 Å². The topological polar surface area (TPSA) is 37.3 Å². The standard InChI is InChI=1S/C11H13ClO2/c1-6-4-9(12)5-10(7(6)2)8(3)11(13)14/h4-5,8H,1-3H3,(H,13,14). The normalized spacial score (nSPS) is 12.6. The summed E-state index contributed by atoms with van der Waals surface area (Å²) in [5, 5.41) is 9.49. The van der Waals surface area contributed by atoms with E-state index < -0.39 is 11.9 Å². The molecule has 1 rings (SSSR count). The molecule has 0 fully saturated rings. The lowest BCUT2D eigenvalue weighted by atomic mass is 9.94. The molecule has 2 nitrogen and oxygen atoms in total. The summed E-state index contributed by atoms with van der Waals surface area (Å²) in [7, 11) is 0. The second-order valence-electron chi connectivity index (χ2n) is 3.50. The van der Waals surface area contributed by atoms with Gasteiger partial charge in [0.05, 0.1) is 5.92 Å². The number of aliphatic carboxylic acids is 1. The molecule has 76 valence electrons. The molecular formula is C11H13ClO2. The van der Waals surface area contributed by atoms with Gasteiger partial charge in [-0.05, 0) is 49.6 Å². The fraction of sp³-hybridized carbons (Fsp3) is 0.364. The van der Waals surface area contributed by atoms with E-state index in [0.29, 0.717) is 5.02 Å². The molecule has 0 spiro atoms. The number of carbonyl (C=O) groups is 1. The second kappa shape index (κ2) is 4.01. The molecule has 1 aromatic carbocycles. The first kappa shape index (κ1) is 11.1. The van der Waals surface area contributed by atoms with Crippen molar-refractivity contribution in [3.05, 3.63) is 33.8 Å². The highest BCUT2D eigenvalue weighted by Crippen LogP contribution is 2.26. The van der Waals surface area contributed by atoms with Crippen LogP contribution in [0.15, 0.2) is 12.1 Å². The van der Waals surface area contributed by atoms with Crippen molar-refractivity contribution in [3.63, 3.8) is 0 Å². The van der Waals surface area contributed by atoms with Gasteiger partial charge in [0.15, 0.2) is 0 Å². The van der Waals surface area contributed by atoms with Gasteiger partial charge in [0.2, 0.25) is 0 Å². The lowest BCUT2D eigenvalue weighted by Crippen LogP contribution is -2.09. The van der Waals surface area contributed by atoms with Gasteiger partial charge in [-0.3, -0.25) is 4.79 Å². The minimum atomic E-state index is -0.824. The predicted molar refractivity (Wildman–Crippen MR) is 57.0 cm³/mol.